The zero-order valence-corrected chi connectivity index (χ0v) is 21.5. The number of sulfonamides is 1. The molecule has 3 atom stereocenters. The molecule has 1 heterocycles. The number of halogens is 1. The third kappa shape index (κ3) is 5.72. The van der Waals surface area contributed by atoms with Crippen LogP contribution in [0.3, 0.4) is 0 Å². The predicted molar refractivity (Wildman–Crippen MR) is 133 cm³/mol. The number of ether oxygens (including phenoxy) is 1. The molecule has 7 nitrogen and oxygen atoms in total. The number of rotatable bonds is 5. The summed E-state index contributed by atoms with van der Waals surface area (Å²) in [5, 5.41) is 9.78. The van der Waals surface area contributed by atoms with Gasteiger partial charge in [-0.15, -0.1) is 0 Å². The van der Waals surface area contributed by atoms with Gasteiger partial charge in [0, 0.05) is 42.6 Å². The first-order valence-electron chi connectivity index (χ1n) is 12.1. The van der Waals surface area contributed by atoms with Crippen LogP contribution in [0, 0.1) is 29.5 Å². The Hall–Kier alpha value is -2.93. The highest BCUT2D eigenvalue weighted by Gasteiger charge is 2.38. The molecule has 4 rings (SSSR count). The molecule has 2 aliphatic rings. The van der Waals surface area contributed by atoms with E-state index in [-0.39, 0.29) is 47.7 Å². The summed E-state index contributed by atoms with van der Waals surface area (Å²) in [5.41, 5.74) is 0.862. The Balaban J connectivity index is 1.69. The highest BCUT2D eigenvalue weighted by Crippen LogP contribution is 2.34. The molecule has 192 valence electrons. The molecule has 36 heavy (non-hydrogen) atoms. The quantitative estimate of drug-likeness (QED) is 0.620. The van der Waals surface area contributed by atoms with E-state index in [0.717, 1.165) is 12.8 Å². The van der Waals surface area contributed by atoms with Crippen molar-refractivity contribution in [1.82, 2.24) is 9.21 Å². The van der Waals surface area contributed by atoms with Crippen molar-refractivity contribution in [2.45, 2.75) is 43.7 Å². The third-order valence-corrected chi connectivity index (χ3v) is 8.56. The number of carbonyl (C=O) groups excluding carboxylic acids is 1. The van der Waals surface area contributed by atoms with Crippen molar-refractivity contribution in [3.8, 4) is 17.6 Å². The van der Waals surface area contributed by atoms with Crippen LogP contribution >= 0.6 is 0 Å². The standard InChI is InChI=1S/C27H31FN2O5S/c1-18-15-30(19(2)17-31)36(33,34)26-12-11-21(10-9-20-7-8-20)13-24(26)35-25(18)16-29(3)27(32)22-5-4-6-23(28)14-22/h4-6,11-14,18-20,25,31H,7-8,15-17H2,1-3H3/t18-,19-,25-/m0/s1. The Labute approximate surface area is 211 Å². The molecular formula is C27H31FN2O5S. The van der Waals surface area contributed by atoms with Crippen molar-refractivity contribution in [2.24, 2.45) is 11.8 Å². The first-order chi connectivity index (χ1) is 17.1. The average Bonchev–Trinajstić information content (AvgIpc) is 3.68. The lowest BCUT2D eigenvalue weighted by molar-refractivity contribution is 0.0563. The van der Waals surface area contributed by atoms with Crippen molar-refractivity contribution in [3.05, 3.63) is 59.4 Å². The van der Waals surface area contributed by atoms with Crippen LogP contribution in [0.4, 0.5) is 4.39 Å². The maximum Gasteiger partial charge on any atom is 0.253 e. The summed E-state index contributed by atoms with van der Waals surface area (Å²) in [6.45, 7) is 3.40. The maximum atomic E-state index is 13.7. The smallest absolute Gasteiger partial charge is 0.253 e. The molecule has 2 aromatic carbocycles. The molecule has 1 N–H and O–H groups in total. The summed E-state index contributed by atoms with van der Waals surface area (Å²) in [6.07, 6.45) is 1.58. The van der Waals surface area contributed by atoms with Crippen LogP contribution in [-0.2, 0) is 10.0 Å². The minimum atomic E-state index is -3.96. The van der Waals surface area contributed by atoms with E-state index in [9.17, 15) is 22.7 Å². The second-order valence-electron chi connectivity index (χ2n) is 9.64. The molecule has 1 amide bonds. The predicted octanol–water partition coefficient (Wildman–Crippen LogP) is 3.13. The zero-order chi connectivity index (χ0) is 26.0. The second-order valence-corrected chi connectivity index (χ2v) is 11.5. The number of likely N-dealkylation sites (N-methyl/N-ethyl adjacent to an activating group) is 1. The van der Waals surface area contributed by atoms with E-state index >= 15 is 0 Å². The molecule has 1 aliphatic carbocycles. The maximum absolute atomic E-state index is 13.7. The number of hydrogen-bond donors (Lipinski definition) is 1. The molecule has 0 saturated heterocycles. The lowest BCUT2D eigenvalue weighted by Crippen LogP contribution is -2.50. The number of aliphatic hydroxyl groups is 1. The van der Waals surface area contributed by atoms with Gasteiger partial charge in [-0.3, -0.25) is 4.79 Å². The normalized spacial score (nSPS) is 22.1. The summed E-state index contributed by atoms with van der Waals surface area (Å²) >= 11 is 0. The van der Waals surface area contributed by atoms with Gasteiger partial charge in [0.1, 0.15) is 22.6 Å². The number of hydrogen-bond acceptors (Lipinski definition) is 5. The van der Waals surface area contributed by atoms with Crippen LogP contribution in [0.2, 0.25) is 0 Å². The van der Waals surface area contributed by atoms with Crippen molar-refractivity contribution < 1.29 is 27.4 Å². The van der Waals surface area contributed by atoms with Gasteiger partial charge in [0.2, 0.25) is 10.0 Å². The molecule has 2 aromatic rings. The fourth-order valence-electron chi connectivity index (χ4n) is 4.13. The first kappa shape index (κ1) is 26.1. The van der Waals surface area contributed by atoms with Crippen molar-refractivity contribution >= 4 is 15.9 Å². The fraction of sp³-hybridized carbons (Fsp3) is 0.444. The van der Waals surface area contributed by atoms with Crippen LogP contribution in [0.25, 0.3) is 0 Å². The molecule has 0 bridgehead atoms. The van der Waals surface area contributed by atoms with Crippen LogP contribution in [-0.4, -0.2) is 67.5 Å². The minimum Gasteiger partial charge on any atom is -0.487 e. The number of fused-ring (bicyclic) bond motifs is 1. The summed E-state index contributed by atoms with van der Waals surface area (Å²) in [7, 11) is -2.36. The summed E-state index contributed by atoms with van der Waals surface area (Å²) in [6, 6.07) is 9.61. The third-order valence-electron chi connectivity index (χ3n) is 6.54. The fourth-order valence-corrected chi connectivity index (χ4v) is 5.95. The van der Waals surface area contributed by atoms with E-state index in [1.165, 1.54) is 33.5 Å². The summed E-state index contributed by atoms with van der Waals surface area (Å²) in [5.74, 6) is 5.62. The average molecular weight is 515 g/mol. The van der Waals surface area contributed by atoms with E-state index < -0.39 is 28.0 Å². The number of aliphatic hydroxyl groups excluding tert-OH is 1. The van der Waals surface area contributed by atoms with Gasteiger partial charge in [0.05, 0.1) is 13.2 Å². The van der Waals surface area contributed by atoms with Gasteiger partial charge in [-0.25, -0.2) is 12.8 Å². The molecule has 0 aromatic heterocycles. The highest BCUT2D eigenvalue weighted by molar-refractivity contribution is 7.89. The molecule has 0 radical (unpaired) electrons. The van der Waals surface area contributed by atoms with Crippen molar-refractivity contribution in [3.63, 3.8) is 0 Å². The Bertz CT molecular complexity index is 1300. The monoisotopic (exact) mass is 514 g/mol. The van der Waals surface area contributed by atoms with E-state index in [2.05, 4.69) is 11.8 Å². The Morgan fingerprint density at radius 3 is 2.69 bits per heavy atom. The van der Waals surface area contributed by atoms with Crippen LogP contribution in [0.1, 0.15) is 42.6 Å². The van der Waals surface area contributed by atoms with Crippen LogP contribution < -0.4 is 4.74 Å². The minimum absolute atomic E-state index is 0.00391. The van der Waals surface area contributed by atoms with E-state index in [4.69, 9.17) is 4.74 Å². The van der Waals surface area contributed by atoms with Gasteiger partial charge in [-0.1, -0.05) is 24.8 Å². The zero-order valence-electron chi connectivity index (χ0n) is 20.6. The van der Waals surface area contributed by atoms with Gasteiger partial charge in [-0.05, 0) is 56.2 Å². The lowest BCUT2D eigenvalue weighted by atomic mass is 10.0. The molecule has 1 aliphatic heterocycles. The van der Waals surface area contributed by atoms with Gasteiger partial charge in [-0.2, -0.15) is 4.31 Å². The number of amides is 1. The first-order valence-corrected chi connectivity index (χ1v) is 13.5. The lowest BCUT2D eigenvalue weighted by Gasteiger charge is -2.37. The molecule has 1 saturated carbocycles. The van der Waals surface area contributed by atoms with Crippen molar-refractivity contribution in [2.75, 3.05) is 26.7 Å². The van der Waals surface area contributed by atoms with Crippen molar-refractivity contribution in [1.29, 1.82) is 0 Å². The largest absolute Gasteiger partial charge is 0.487 e. The van der Waals surface area contributed by atoms with E-state index in [1.807, 2.05) is 6.92 Å². The Morgan fingerprint density at radius 1 is 1.28 bits per heavy atom. The molecule has 1 fully saturated rings. The van der Waals surface area contributed by atoms with Gasteiger partial charge in [0.25, 0.3) is 5.91 Å². The SMILES string of the molecule is C[C@H]1CN([C@@H](C)CO)S(=O)(=O)c2ccc(C#CC3CC3)cc2O[C@H]1CN(C)C(=O)c1cccc(F)c1. The Morgan fingerprint density at radius 2 is 2.03 bits per heavy atom. The van der Waals surface area contributed by atoms with E-state index in [1.54, 1.807) is 32.2 Å². The highest BCUT2D eigenvalue weighted by atomic mass is 32.2. The Kier molecular flexibility index (Phi) is 7.69. The van der Waals surface area contributed by atoms with Crippen LogP contribution in [0.5, 0.6) is 5.75 Å². The number of benzene rings is 2. The van der Waals surface area contributed by atoms with Gasteiger partial charge < -0.3 is 14.7 Å². The molecule has 0 spiro atoms. The van der Waals surface area contributed by atoms with E-state index in [0.29, 0.717) is 11.5 Å². The van der Waals surface area contributed by atoms with Gasteiger partial charge >= 0.3 is 0 Å². The molecular weight excluding hydrogens is 483 g/mol. The molecule has 0 unspecified atom stereocenters. The second kappa shape index (κ2) is 10.6. The number of carbonyl (C=O) groups is 1. The number of nitrogens with zero attached hydrogens (tertiary/aromatic N) is 2. The topological polar surface area (TPSA) is 87.2 Å². The summed E-state index contributed by atoms with van der Waals surface area (Å²) < 4.78 is 48.4. The van der Waals surface area contributed by atoms with Gasteiger partial charge in [0.15, 0.2) is 0 Å². The molecule has 9 heteroatoms. The van der Waals surface area contributed by atoms with Crippen LogP contribution in [0.15, 0.2) is 47.4 Å². The summed E-state index contributed by atoms with van der Waals surface area (Å²) in [4.78, 5) is 14.4.